The van der Waals surface area contributed by atoms with E-state index in [9.17, 15) is 4.79 Å². The first-order valence-electron chi connectivity index (χ1n) is 9.75. The van der Waals surface area contributed by atoms with Crippen LogP contribution in [0.3, 0.4) is 0 Å². The second-order valence-electron chi connectivity index (χ2n) is 7.49. The molecular formula is C22H27N5O2S. The Morgan fingerprint density at radius 3 is 2.43 bits per heavy atom. The first-order valence-corrected chi connectivity index (χ1v) is 10.7. The van der Waals surface area contributed by atoms with Gasteiger partial charge in [-0.1, -0.05) is 43.8 Å². The molecule has 1 aromatic heterocycles. The normalized spacial score (nSPS) is 11.0. The highest BCUT2D eigenvalue weighted by atomic mass is 32.2. The third-order valence-electron chi connectivity index (χ3n) is 4.49. The monoisotopic (exact) mass is 425 g/mol. The predicted octanol–water partition coefficient (Wildman–Crippen LogP) is 4.04. The summed E-state index contributed by atoms with van der Waals surface area (Å²) in [6, 6.07) is 13.9. The SMILES string of the molecule is Cc1cc(C)cc(NC(=O)CSc2nnc(COc3ccc(C(C)C)cc3)n2N)c1. The lowest BCUT2D eigenvalue weighted by atomic mass is 10.0. The summed E-state index contributed by atoms with van der Waals surface area (Å²) in [6.45, 7) is 8.48. The van der Waals surface area contributed by atoms with E-state index in [1.807, 2.05) is 50.2 Å². The third kappa shape index (κ3) is 5.76. The number of amides is 1. The fourth-order valence-corrected chi connectivity index (χ4v) is 3.65. The first kappa shape index (κ1) is 21.7. The van der Waals surface area contributed by atoms with Crippen LogP contribution in [0.4, 0.5) is 5.69 Å². The number of nitrogens with one attached hydrogen (secondary N) is 1. The van der Waals surface area contributed by atoms with E-state index in [2.05, 4.69) is 35.4 Å². The molecule has 30 heavy (non-hydrogen) atoms. The number of hydrogen-bond donors (Lipinski definition) is 2. The van der Waals surface area contributed by atoms with E-state index >= 15 is 0 Å². The number of thioether (sulfide) groups is 1. The molecule has 1 heterocycles. The Labute approximate surface area is 181 Å². The zero-order chi connectivity index (χ0) is 21.7. The van der Waals surface area contributed by atoms with Crippen LogP contribution < -0.4 is 15.9 Å². The summed E-state index contributed by atoms with van der Waals surface area (Å²) >= 11 is 1.23. The van der Waals surface area contributed by atoms with Gasteiger partial charge in [0.05, 0.1) is 5.75 Å². The van der Waals surface area contributed by atoms with Gasteiger partial charge in [-0.25, -0.2) is 4.68 Å². The predicted molar refractivity (Wildman–Crippen MR) is 120 cm³/mol. The Balaban J connectivity index is 1.52. The Bertz CT molecular complexity index is 995. The molecule has 158 valence electrons. The number of hydrogen-bond acceptors (Lipinski definition) is 6. The second kappa shape index (κ2) is 9.67. The number of aromatic nitrogens is 3. The molecule has 0 saturated carbocycles. The maximum absolute atomic E-state index is 12.3. The van der Waals surface area contributed by atoms with Crippen molar-refractivity contribution in [2.24, 2.45) is 0 Å². The Morgan fingerprint density at radius 1 is 1.13 bits per heavy atom. The first-order chi connectivity index (χ1) is 14.3. The minimum Gasteiger partial charge on any atom is -0.486 e. The van der Waals surface area contributed by atoms with Gasteiger partial charge in [-0.2, -0.15) is 0 Å². The molecule has 0 radical (unpaired) electrons. The van der Waals surface area contributed by atoms with Crippen molar-refractivity contribution >= 4 is 23.4 Å². The minimum atomic E-state index is -0.129. The number of aryl methyl sites for hydroxylation is 2. The number of anilines is 1. The molecular weight excluding hydrogens is 398 g/mol. The summed E-state index contributed by atoms with van der Waals surface area (Å²) < 4.78 is 7.11. The lowest BCUT2D eigenvalue weighted by Gasteiger charge is -2.09. The van der Waals surface area contributed by atoms with Gasteiger partial charge in [0, 0.05) is 5.69 Å². The zero-order valence-corrected chi connectivity index (χ0v) is 18.5. The maximum atomic E-state index is 12.3. The lowest BCUT2D eigenvalue weighted by molar-refractivity contribution is -0.113. The smallest absolute Gasteiger partial charge is 0.234 e. The van der Waals surface area contributed by atoms with Gasteiger partial charge < -0.3 is 15.9 Å². The molecule has 0 unspecified atom stereocenters. The van der Waals surface area contributed by atoms with Gasteiger partial charge in [-0.05, 0) is 60.7 Å². The summed E-state index contributed by atoms with van der Waals surface area (Å²) in [6.07, 6.45) is 0. The second-order valence-corrected chi connectivity index (χ2v) is 8.44. The van der Waals surface area contributed by atoms with E-state index in [1.165, 1.54) is 22.0 Å². The molecule has 0 atom stereocenters. The number of nitrogens with zero attached hydrogens (tertiary/aromatic N) is 3. The number of ether oxygens (including phenoxy) is 1. The molecule has 0 bridgehead atoms. The molecule has 8 heteroatoms. The number of nitrogen functional groups attached to an aromatic ring is 1. The number of carbonyl (C=O) groups is 1. The van der Waals surface area contributed by atoms with E-state index in [0.717, 1.165) is 22.6 Å². The van der Waals surface area contributed by atoms with E-state index in [0.29, 0.717) is 16.9 Å². The quantitative estimate of drug-likeness (QED) is 0.418. The molecule has 2 aromatic carbocycles. The van der Waals surface area contributed by atoms with Gasteiger partial charge in [-0.15, -0.1) is 10.2 Å². The highest BCUT2D eigenvalue weighted by Gasteiger charge is 2.13. The summed E-state index contributed by atoms with van der Waals surface area (Å²) in [5.41, 5.74) is 4.23. The Morgan fingerprint density at radius 2 is 1.80 bits per heavy atom. The highest BCUT2D eigenvalue weighted by molar-refractivity contribution is 7.99. The molecule has 3 N–H and O–H groups in total. The van der Waals surface area contributed by atoms with Crippen LogP contribution in [0.1, 0.15) is 42.3 Å². The van der Waals surface area contributed by atoms with Gasteiger partial charge in [-0.3, -0.25) is 4.79 Å². The summed E-state index contributed by atoms with van der Waals surface area (Å²) in [7, 11) is 0. The third-order valence-corrected chi connectivity index (χ3v) is 5.43. The van der Waals surface area contributed by atoms with Crippen molar-refractivity contribution in [3.05, 3.63) is 65.0 Å². The van der Waals surface area contributed by atoms with E-state index in [4.69, 9.17) is 10.6 Å². The molecule has 3 aromatic rings. The molecule has 0 spiro atoms. The molecule has 0 saturated heterocycles. The summed E-state index contributed by atoms with van der Waals surface area (Å²) in [5, 5.41) is 11.5. The Kier molecular flexibility index (Phi) is 6.99. The summed E-state index contributed by atoms with van der Waals surface area (Å²) in [4.78, 5) is 12.3. The van der Waals surface area contributed by atoms with E-state index in [1.54, 1.807) is 0 Å². The van der Waals surface area contributed by atoms with Gasteiger partial charge >= 0.3 is 0 Å². The molecule has 3 rings (SSSR count). The maximum Gasteiger partial charge on any atom is 0.234 e. The number of benzene rings is 2. The van der Waals surface area contributed by atoms with Crippen LogP contribution in [0.15, 0.2) is 47.6 Å². The van der Waals surface area contributed by atoms with Gasteiger partial charge in [0.15, 0.2) is 5.82 Å². The summed E-state index contributed by atoms with van der Waals surface area (Å²) in [5.74, 6) is 7.82. The zero-order valence-electron chi connectivity index (χ0n) is 17.7. The van der Waals surface area contributed by atoms with Crippen molar-refractivity contribution in [2.45, 2.75) is 45.4 Å². The molecule has 0 aliphatic heterocycles. The van der Waals surface area contributed by atoms with Crippen LogP contribution in [0.25, 0.3) is 0 Å². The fourth-order valence-electron chi connectivity index (χ4n) is 2.97. The van der Waals surface area contributed by atoms with Crippen molar-refractivity contribution in [1.82, 2.24) is 14.9 Å². The van der Waals surface area contributed by atoms with Crippen LogP contribution in [0, 0.1) is 13.8 Å². The molecule has 0 aliphatic rings. The van der Waals surface area contributed by atoms with Crippen LogP contribution in [0.5, 0.6) is 5.75 Å². The van der Waals surface area contributed by atoms with E-state index < -0.39 is 0 Å². The number of rotatable bonds is 8. The fraction of sp³-hybridized carbons (Fsp3) is 0.318. The van der Waals surface area contributed by atoms with Crippen LogP contribution in [-0.4, -0.2) is 26.5 Å². The largest absolute Gasteiger partial charge is 0.486 e. The van der Waals surface area contributed by atoms with Crippen LogP contribution in [0.2, 0.25) is 0 Å². The molecule has 0 aliphatic carbocycles. The van der Waals surface area contributed by atoms with Crippen molar-refractivity contribution in [1.29, 1.82) is 0 Å². The molecule has 0 fully saturated rings. The highest BCUT2D eigenvalue weighted by Crippen LogP contribution is 2.20. The average molecular weight is 426 g/mol. The average Bonchev–Trinajstić information content (AvgIpc) is 3.04. The van der Waals surface area contributed by atoms with Gasteiger partial charge in [0.2, 0.25) is 11.1 Å². The molecule has 7 nitrogen and oxygen atoms in total. The van der Waals surface area contributed by atoms with E-state index in [-0.39, 0.29) is 18.3 Å². The van der Waals surface area contributed by atoms with Gasteiger partial charge in [0.1, 0.15) is 12.4 Å². The van der Waals surface area contributed by atoms with Gasteiger partial charge in [0.25, 0.3) is 0 Å². The number of carbonyl (C=O) groups excluding carboxylic acids is 1. The molecule has 1 amide bonds. The Hall–Kier alpha value is -3.00. The lowest BCUT2D eigenvalue weighted by Crippen LogP contribution is -2.18. The minimum absolute atomic E-state index is 0.129. The van der Waals surface area contributed by atoms with Crippen molar-refractivity contribution in [3.63, 3.8) is 0 Å². The van der Waals surface area contributed by atoms with Crippen molar-refractivity contribution in [3.8, 4) is 5.75 Å². The standard InChI is InChI=1S/C22H27N5O2S/c1-14(2)17-5-7-19(8-6-17)29-12-20-25-26-22(27(20)23)30-13-21(28)24-18-10-15(3)9-16(4)11-18/h5-11,14H,12-13,23H2,1-4H3,(H,24,28). The van der Waals surface area contributed by atoms with Crippen molar-refractivity contribution in [2.75, 3.05) is 16.9 Å². The topological polar surface area (TPSA) is 95.1 Å². The van der Waals surface area contributed by atoms with Crippen molar-refractivity contribution < 1.29 is 9.53 Å². The van der Waals surface area contributed by atoms with Crippen LogP contribution >= 0.6 is 11.8 Å². The number of nitrogens with two attached hydrogens (primary N) is 1. The van der Waals surface area contributed by atoms with Crippen LogP contribution in [-0.2, 0) is 11.4 Å².